The molecule has 0 radical (unpaired) electrons. The summed E-state index contributed by atoms with van der Waals surface area (Å²) in [7, 11) is 0. The summed E-state index contributed by atoms with van der Waals surface area (Å²) >= 11 is 5.57. The molecule has 0 bridgehead atoms. The number of carbonyl (C=O) groups is 1. The van der Waals surface area contributed by atoms with Gasteiger partial charge in [0, 0.05) is 18.0 Å². The van der Waals surface area contributed by atoms with E-state index in [0.29, 0.717) is 23.7 Å². The van der Waals surface area contributed by atoms with Gasteiger partial charge in [0.25, 0.3) is 0 Å². The predicted octanol–water partition coefficient (Wildman–Crippen LogP) is 2.76. The van der Waals surface area contributed by atoms with E-state index in [2.05, 4.69) is 5.32 Å². The normalized spacial score (nSPS) is 10.0. The highest BCUT2D eigenvalue weighted by Gasteiger charge is 2.02. The first kappa shape index (κ1) is 11.8. The van der Waals surface area contributed by atoms with Gasteiger partial charge in [-0.25, -0.2) is 4.39 Å². The average molecular weight is 232 g/mol. The molecule has 0 saturated carbocycles. The van der Waals surface area contributed by atoms with E-state index in [-0.39, 0.29) is 6.42 Å². The molecule has 15 heavy (non-hydrogen) atoms. The molecule has 0 amide bonds. The van der Waals surface area contributed by atoms with E-state index in [1.165, 1.54) is 12.1 Å². The fourth-order valence-corrected chi connectivity index (χ4v) is 1.25. The van der Waals surface area contributed by atoms with E-state index in [1.807, 2.05) is 0 Å². The van der Waals surface area contributed by atoms with Crippen LogP contribution in [0.15, 0.2) is 18.2 Å². The number of hydrogen-bond acceptors (Lipinski definition) is 2. The van der Waals surface area contributed by atoms with Gasteiger partial charge in [0.1, 0.15) is 5.82 Å². The van der Waals surface area contributed by atoms with Crippen molar-refractivity contribution in [3.8, 4) is 0 Å². The van der Waals surface area contributed by atoms with Gasteiger partial charge in [0.05, 0.1) is 5.69 Å². The standard InChI is InChI=1S/C10H11ClFNO2/c11-7-3-4-9(8(12)6-7)13-5-1-2-10(14)15/h3-4,6,13H,1-2,5H2,(H,14,15). The van der Waals surface area contributed by atoms with Gasteiger partial charge in [-0.2, -0.15) is 0 Å². The van der Waals surface area contributed by atoms with Crippen LogP contribution in [0.4, 0.5) is 10.1 Å². The van der Waals surface area contributed by atoms with Crippen LogP contribution in [-0.2, 0) is 4.79 Å². The highest BCUT2D eigenvalue weighted by molar-refractivity contribution is 6.30. The largest absolute Gasteiger partial charge is 0.481 e. The summed E-state index contributed by atoms with van der Waals surface area (Å²) in [6.07, 6.45) is 0.527. The molecule has 0 aliphatic heterocycles. The Morgan fingerprint density at radius 3 is 2.87 bits per heavy atom. The second-order valence-corrected chi connectivity index (χ2v) is 3.48. The van der Waals surface area contributed by atoms with E-state index >= 15 is 0 Å². The number of anilines is 1. The molecule has 2 N–H and O–H groups in total. The van der Waals surface area contributed by atoms with Crippen molar-refractivity contribution in [1.82, 2.24) is 0 Å². The van der Waals surface area contributed by atoms with Crippen molar-refractivity contribution in [2.75, 3.05) is 11.9 Å². The minimum Gasteiger partial charge on any atom is -0.481 e. The predicted molar refractivity (Wildman–Crippen MR) is 56.8 cm³/mol. The number of carboxylic acid groups (broad SMARTS) is 1. The lowest BCUT2D eigenvalue weighted by Gasteiger charge is -2.06. The number of hydrogen-bond donors (Lipinski definition) is 2. The van der Waals surface area contributed by atoms with Gasteiger partial charge in [0.2, 0.25) is 0 Å². The van der Waals surface area contributed by atoms with Crippen molar-refractivity contribution in [2.45, 2.75) is 12.8 Å². The van der Waals surface area contributed by atoms with Crippen LogP contribution >= 0.6 is 11.6 Å². The molecule has 0 spiro atoms. The molecule has 0 atom stereocenters. The Hall–Kier alpha value is -1.29. The summed E-state index contributed by atoms with van der Waals surface area (Å²) in [5.74, 6) is -1.29. The molecule has 82 valence electrons. The topological polar surface area (TPSA) is 49.3 Å². The third-order valence-corrected chi connectivity index (χ3v) is 2.05. The van der Waals surface area contributed by atoms with Crippen molar-refractivity contribution in [3.63, 3.8) is 0 Å². The molecule has 1 aromatic carbocycles. The maximum absolute atomic E-state index is 13.2. The van der Waals surface area contributed by atoms with E-state index in [0.717, 1.165) is 0 Å². The van der Waals surface area contributed by atoms with E-state index < -0.39 is 11.8 Å². The maximum atomic E-state index is 13.2. The van der Waals surface area contributed by atoms with Crippen LogP contribution in [-0.4, -0.2) is 17.6 Å². The van der Waals surface area contributed by atoms with Gasteiger partial charge < -0.3 is 10.4 Å². The molecular weight excluding hydrogens is 221 g/mol. The molecule has 1 rings (SSSR count). The molecule has 0 fully saturated rings. The Labute approximate surface area is 91.9 Å². The highest BCUT2D eigenvalue weighted by Crippen LogP contribution is 2.18. The molecule has 5 heteroatoms. The van der Waals surface area contributed by atoms with Crippen LogP contribution in [0.3, 0.4) is 0 Å². The Morgan fingerprint density at radius 2 is 2.27 bits per heavy atom. The fraction of sp³-hybridized carbons (Fsp3) is 0.300. The first-order valence-electron chi connectivity index (χ1n) is 4.50. The molecule has 0 aliphatic rings. The van der Waals surface area contributed by atoms with Crippen LogP contribution in [0.1, 0.15) is 12.8 Å². The number of nitrogens with one attached hydrogen (secondary N) is 1. The number of carboxylic acids is 1. The Bertz CT molecular complexity index is 357. The average Bonchev–Trinajstić information content (AvgIpc) is 2.14. The van der Waals surface area contributed by atoms with Crippen molar-refractivity contribution >= 4 is 23.3 Å². The quantitative estimate of drug-likeness (QED) is 0.766. The smallest absolute Gasteiger partial charge is 0.303 e. The third-order valence-electron chi connectivity index (χ3n) is 1.81. The summed E-state index contributed by atoms with van der Waals surface area (Å²) in [5.41, 5.74) is 0.338. The number of halogens is 2. The summed E-state index contributed by atoms with van der Waals surface area (Å²) in [5, 5.41) is 11.5. The zero-order valence-electron chi connectivity index (χ0n) is 7.96. The summed E-state index contributed by atoms with van der Waals surface area (Å²) < 4.78 is 13.2. The van der Waals surface area contributed by atoms with Crippen molar-refractivity contribution in [2.24, 2.45) is 0 Å². The SMILES string of the molecule is O=C(O)CCCNc1ccc(Cl)cc1F. The molecule has 0 heterocycles. The lowest BCUT2D eigenvalue weighted by atomic mass is 10.2. The zero-order valence-corrected chi connectivity index (χ0v) is 8.72. The Balaban J connectivity index is 2.40. The Kier molecular flexibility index (Phi) is 4.37. The van der Waals surface area contributed by atoms with Crippen LogP contribution in [0.25, 0.3) is 0 Å². The van der Waals surface area contributed by atoms with Gasteiger partial charge in [-0.15, -0.1) is 0 Å². The van der Waals surface area contributed by atoms with Gasteiger partial charge in [0.15, 0.2) is 0 Å². The highest BCUT2D eigenvalue weighted by atomic mass is 35.5. The minimum absolute atomic E-state index is 0.0716. The van der Waals surface area contributed by atoms with Gasteiger partial charge in [-0.05, 0) is 24.6 Å². The molecule has 0 aromatic heterocycles. The van der Waals surface area contributed by atoms with Gasteiger partial charge >= 0.3 is 5.97 Å². The van der Waals surface area contributed by atoms with Crippen LogP contribution < -0.4 is 5.32 Å². The second kappa shape index (κ2) is 5.56. The minimum atomic E-state index is -0.853. The Morgan fingerprint density at radius 1 is 1.53 bits per heavy atom. The van der Waals surface area contributed by atoms with E-state index in [4.69, 9.17) is 16.7 Å². The summed E-state index contributed by atoms with van der Waals surface area (Å²) in [4.78, 5) is 10.2. The second-order valence-electron chi connectivity index (χ2n) is 3.05. The number of aliphatic carboxylic acids is 1. The van der Waals surface area contributed by atoms with Crippen molar-refractivity contribution < 1.29 is 14.3 Å². The lowest BCUT2D eigenvalue weighted by molar-refractivity contribution is -0.137. The van der Waals surface area contributed by atoms with Crippen LogP contribution in [0, 0.1) is 5.82 Å². The maximum Gasteiger partial charge on any atom is 0.303 e. The van der Waals surface area contributed by atoms with Gasteiger partial charge in [-0.1, -0.05) is 11.6 Å². The number of rotatable bonds is 5. The van der Waals surface area contributed by atoms with E-state index in [9.17, 15) is 9.18 Å². The fourth-order valence-electron chi connectivity index (χ4n) is 1.10. The monoisotopic (exact) mass is 231 g/mol. The lowest BCUT2D eigenvalue weighted by Crippen LogP contribution is -2.05. The van der Waals surface area contributed by atoms with Crippen LogP contribution in [0.5, 0.6) is 0 Å². The van der Waals surface area contributed by atoms with E-state index in [1.54, 1.807) is 6.07 Å². The first-order valence-corrected chi connectivity index (χ1v) is 4.88. The van der Waals surface area contributed by atoms with Crippen LogP contribution in [0.2, 0.25) is 5.02 Å². The summed E-state index contributed by atoms with van der Waals surface area (Å²) in [6.45, 7) is 0.421. The molecule has 0 saturated heterocycles. The zero-order chi connectivity index (χ0) is 11.3. The van der Waals surface area contributed by atoms with Crippen molar-refractivity contribution in [3.05, 3.63) is 29.0 Å². The summed E-state index contributed by atoms with van der Waals surface area (Å²) in [6, 6.07) is 4.31. The molecule has 3 nitrogen and oxygen atoms in total. The third kappa shape index (κ3) is 4.16. The molecule has 0 unspecified atom stereocenters. The molecule has 0 aliphatic carbocycles. The first-order chi connectivity index (χ1) is 7.09. The molecular formula is C10H11ClFNO2. The van der Waals surface area contributed by atoms with Crippen molar-refractivity contribution in [1.29, 1.82) is 0 Å². The van der Waals surface area contributed by atoms with Gasteiger partial charge in [-0.3, -0.25) is 4.79 Å². The number of benzene rings is 1. The molecule has 1 aromatic rings.